The van der Waals surface area contributed by atoms with E-state index in [9.17, 15) is 15.0 Å². The van der Waals surface area contributed by atoms with Crippen LogP contribution < -0.4 is 0 Å². The van der Waals surface area contributed by atoms with Crippen LogP contribution in [0.4, 0.5) is 0 Å². The largest absolute Gasteiger partial charge is 0.458 e. The van der Waals surface area contributed by atoms with Crippen molar-refractivity contribution in [2.45, 2.75) is 62.1 Å². The second-order valence-electron chi connectivity index (χ2n) is 7.19. The monoisotopic (exact) mass is 280 g/mol. The molecule has 5 heteroatoms. The number of rotatable bonds is 0. The van der Waals surface area contributed by atoms with E-state index in [0.29, 0.717) is 12.0 Å². The van der Waals surface area contributed by atoms with E-state index in [2.05, 4.69) is 6.58 Å². The van der Waals surface area contributed by atoms with Gasteiger partial charge < -0.3 is 19.7 Å². The second kappa shape index (κ2) is 3.29. The molecule has 2 aliphatic carbocycles. The Hall–Kier alpha value is -0.910. The van der Waals surface area contributed by atoms with Crippen LogP contribution in [-0.4, -0.2) is 45.2 Å². The highest BCUT2D eigenvalue weighted by molar-refractivity contribution is 5.91. The Labute approximate surface area is 117 Å². The van der Waals surface area contributed by atoms with Gasteiger partial charge >= 0.3 is 5.97 Å². The Morgan fingerprint density at radius 2 is 2.10 bits per heavy atom. The summed E-state index contributed by atoms with van der Waals surface area (Å²) >= 11 is 0. The van der Waals surface area contributed by atoms with Crippen molar-refractivity contribution in [3.05, 3.63) is 12.2 Å². The summed E-state index contributed by atoms with van der Waals surface area (Å²) in [5, 5.41) is 21.0. The molecule has 4 rings (SSSR count). The molecule has 2 saturated heterocycles. The molecule has 7 atom stereocenters. The van der Waals surface area contributed by atoms with Crippen LogP contribution in [0.1, 0.15) is 33.1 Å². The molecule has 0 unspecified atom stereocenters. The molecule has 0 radical (unpaired) electrons. The van der Waals surface area contributed by atoms with Crippen LogP contribution in [0.3, 0.4) is 0 Å². The van der Waals surface area contributed by atoms with E-state index in [4.69, 9.17) is 9.47 Å². The molecule has 4 aliphatic rings. The van der Waals surface area contributed by atoms with Crippen molar-refractivity contribution in [3.8, 4) is 0 Å². The molecule has 110 valence electrons. The van der Waals surface area contributed by atoms with Crippen LogP contribution in [0, 0.1) is 11.8 Å². The topological polar surface area (TPSA) is 79.3 Å². The highest BCUT2D eigenvalue weighted by atomic mass is 16.6. The molecule has 2 heterocycles. The number of fused-ring (bicyclic) bond motifs is 2. The molecule has 20 heavy (non-hydrogen) atoms. The standard InChI is InChI=1S/C15H20O5/c1-7-8-4-5-13(2)15(20-13)6-9(16)14(3,18)11(15)10(8)19-12(7)17/h8-11,16,18H,1,4-6H2,2-3H3/t8-,9+,10-,11-,13-,14-,15+/m0/s1. The predicted molar refractivity (Wildman–Crippen MR) is 68.7 cm³/mol. The smallest absolute Gasteiger partial charge is 0.334 e. The molecule has 2 saturated carbocycles. The molecule has 0 aromatic heterocycles. The first kappa shape index (κ1) is 12.8. The van der Waals surface area contributed by atoms with Gasteiger partial charge in [0.2, 0.25) is 0 Å². The number of ether oxygens (including phenoxy) is 2. The Bertz CT molecular complexity index is 526. The number of carbonyl (C=O) groups excluding carboxylic acids is 1. The predicted octanol–water partition coefficient (Wildman–Crippen LogP) is 0.537. The Morgan fingerprint density at radius 3 is 2.80 bits per heavy atom. The number of epoxide rings is 1. The zero-order valence-electron chi connectivity index (χ0n) is 11.8. The van der Waals surface area contributed by atoms with Gasteiger partial charge in [-0.05, 0) is 26.7 Å². The summed E-state index contributed by atoms with van der Waals surface area (Å²) in [5.41, 5.74) is -1.72. The van der Waals surface area contributed by atoms with Crippen LogP contribution in [-0.2, 0) is 14.3 Å². The fraction of sp³-hybridized carbons (Fsp3) is 0.800. The van der Waals surface area contributed by atoms with Gasteiger partial charge in [-0.3, -0.25) is 0 Å². The van der Waals surface area contributed by atoms with E-state index < -0.39 is 29.3 Å². The molecule has 0 bridgehead atoms. The van der Waals surface area contributed by atoms with Gasteiger partial charge in [0.1, 0.15) is 11.7 Å². The van der Waals surface area contributed by atoms with Crippen LogP contribution >= 0.6 is 0 Å². The third-order valence-corrected chi connectivity index (χ3v) is 6.17. The molecular weight excluding hydrogens is 260 g/mol. The lowest BCUT2D eigenvalue weighted by Crippen LogP contribution is -2.49. The summed E-state index contributed by atoms with van der Waals surface area (Å²) in [7, 11) is 0. The minimum absolute atomic E-state index is 0.0747. The first-order valence-corrected chi connectivity index (χ1v) is 7.23. The SMILES string of the molecule is C=C1C(=O)O[C@H]2[C@H]1CC[C@]1(C)O[C@@]13C[C@@H](O)[C@](C)(O)[C@H]23. The summed E-state index contributed by atoms with van der Waals surface area (Å²) < 4.78 is 11.5. The van der Waals surface area contributed by atoms with Crippen molar-refractivity contribution in [2.24, 2.45) is 11.8 Å². The van der Waals surface area contributed by atoms with Gasteiger partial charge in [-0.25, -0.2) is 4.79 Å². The zero-order valence-corrected chi connectivity index (χ0v) is 11.8. The van der Waals surface area contributed by atoms with Gasteiger partial charge in [-0.1, -0.05) is 6.58 Å². The lowest BCUT2D eigenvalue weighted by atomic mass is 9.75. The quantitative estimate of drug-likeness (QED) is 0.384. The first-order chi connectivity index (χ1) is 9.23. The van der Waals surface area contributed by atoms with Gasteiger partial charge in [0.05, 0.1) is 23.2 Å². The maximum atomic E-state index is 11.8. The highest BCUT2D eigenvalue weighted by Crippen LogP contribution is 2.69. The van der Waals surface area contributed by atoms with E-state index in [-0.39, 0.29) is 17.5 Å². The summed E-state index contributed by atoms with van der Waals surface area (Å²) in [6.07, 6.45) is 0.667. The Morgan fingerprint density at radius 1 is 1.40 bits per heavy atom. The fourth-order valence-electron chi connectivity index (χ4n) is 4.89. The molecule has 5 nitrogen and oxygen atoms in total. The van der Waals surface area contributed by atoms with Gasteiger partial charge in [-0.2, -0.15) is 0 Å². The summed E-state index contributed by atoms with van der Waals surface area (Å²) in [4.78, 5) is 11.8. The highest BCUT2D eigenvalue weighted by Gasteiger charge is 2.81. The molecule has 0 amide bonds. The van der Waals surface area contributed by atoms with E-state index in [0.717, 1.165) is 12.8 Å². The summed E-state index contributed by atoms with van der Waals surface area (Å²) in [5.74, 6) is -0.850. The second-order valence-corrected chi connectivity index (χ2v) is 7.19. The number of carbonyl (C=O) groups is 1. The van der Waals surface area contributed by atoms with Crippen molar-refractivity contribution in [1.82, 2.24) is 0 Å². The Balaban J connectivity index is 1.83. The maximum absolute atomic E-state index is 11.8. The molecule has 1 spiro atoms. The van der Waals surface area contributed by atoms with Crippen molar-refractivity contribution >= 4 is 5.97 Å². The fourth-order valence-corrected chi connectivity index (χ4v) is 4.89. The maximum Gasteiger partial charge on any atom is 0.334 e. The van der Waals surface area contributed by atoms with Crippen LogP contribution in [0.25, 0.3) is 0 Å². The lowest BCUT2D eigenvalue weighted by Gasteiger charge is -2.34. The van der Waals surface area contributed by atoms with Crippen molar-refractivity contribution in [1.29, 1.82) is 0 Å². The molecule has 2 aliphatic heterocycles. The molecule has 4 fully saturated rings. The summed E-state index contributed by atoms with van der Waals surface area (Å²) in [6.45, 7) is 7.49. The minimum Gasteiger partial charge on any atom is -0.458 e. The number of hydrogen-bond donors (Lipinski definition) is 2. The van der Waals surface area contributed by atoms with E-state index in [1.165, 1.54) is 0 Å². The number of esters is 1. The first-order valence-electron chi connectivity index (χ1n) is 7.23. The van der Waals surface area contributed by atoms with E-state index in [1.54, 1.807) is 6.92 Å². The van der Waals surface area contributed by atoms with Gasteiger partial charge in [0.25, 0.3) is 0 Å². The normalized spacial score (nSPS) is 60.4. The van der Waals surface area contributed by atoms with Crippen LogP contribution in [0.5, 0.6) is 0 Å². The summed E-state index contributed by atoms with van der Waals surface area (Å²) in [6, 6.07) is 0. The number of aliphatic hydroxyl groups excluding tert-OH is 1. The molecule has 2 N–H and O–H groups in total. The molecular formula is C15H20O5. The number of hydrogen-bond acceptors (Lipinski definition) is 5. The van der Waals surface area contributed by atoms with Crippen LogP contribution in [0.2, 0.25) is 0 Å². The average molecular weight is 280 g/mol. The van der Waals surface area contributed by atoms with Crippen molar-refractivity contribution < 1.29 is 24.5 Å². The number of aliphatic hydroxyl groups is 2. The zero-order chi connectivity index (χ0) is 14.5. The van der Waals surface area contributed by atoms with Crippen molar-refractivity contribution in [3.63, 3.8) is 0 Å². The van der Waals surface area contributed by atoms with Crippen molar-refractivity contribution in [2.75, 3.05) is 0 Å². The third kappa shape index (κ3) is 1.19. The third-order valence-electron chi connectivity index (χ3n) is 6.17. The average Bonchev–Trinajstić information content (AvgIpc) is 2.75. The van der Waals surface area contributed by atoms with Crippen LogP contribution in [0.15, 0.2) is 12.2 Å². The van der Waals surface area contributed by atoms with E-state index >= 15 is 0 Å². The van der Waals surface area contributed by atoms with Gasteiger partial charge in [-0.15, -0.1) is 0 Å². The Kier molecular flexibility index (Phi) is 2.10. The molecule has 0 aromatic rings. The lowest BCUT2D eigenvalue weighted by molar-refractivity contribution is -0.151. The van der Waals surface area contributed by atoms with E-state index in [1.807, 2.05) is 6.92 Å². The molecule has 0 aromatic carbocycles. The minimum atomic E-state index is -1.31. The van der Waals surface area contributed by atoms with Gasteiger partial charge in [0, 0.05) is 17.9 Å². The van der Waals surface area contributed by atoms with Gasteiger partial charge in [0.15, 0.2) is 0 Å².